The van der Waals surface area contributed by atoms with Gasteiger partial charge in [-0.3, -0.25) is 14.4 Å². The monoisotopic (exact) mass is 817 g/mol. The van der Waals surface area contributed by atoms with Crippen LogP contribution in [0.5, 0.6) is 0 Å². The van der Waals surface area contributed by atoms with Crippen molar-refractivity contribution >= 4 is 17.9 Å². The zero-order valence-electron chi connectivity index (χ0n) is 38.8. The molecule has 0 aromatic heterocycles. The van der Waals surface area contributed by atoms with Gasteiger partial charge >= 0.3 is 17.9 Å². The number of hydrogen-bond donors (Lipinski definition) is 0. The van der Waals surface area contributed by atoms with Crippen molar-refractivity contribution in [1.29, 1.82) is 0 Å². The highest BCUT2D eigenvalue weighted by molar-refractivity contribution is 5.71. The van der Waals surface area contributed by atoms with Crippen LogP contribution in [0.15, 0.2) is 24.3 Å². The van der Waals surface area contributed by atoms with Gasteiger partial charge in [-0.25, -0.2) is 0 Å². The Morgan fingerprint density at radius 2 is 0.603 bits per heavy atom. The van der Waals surface area contributed by atoms with Crippen molar-refractivity contribution in [1.82, 2.24) is 0 Å². The first-order valence-electron chi connectivity index (χ1n) is 25.4. The maximum atomic E-state index is 12.7. The Balaban J connectivity index is 4.37. The van der Waals surface area contributed by atoms with E-state index in [4.69, 9.17) is 14.2 Å². The summed E-state index contributed by atoms with van der Waals surface area (Å²) in [6, 6.07) is 0. The lowest BCUT2D eigenvalue weighted by atomic mass is 10.0. The summed E-state index contributed by atoms with van der Waals surface area (Å²) >= 11 is 0. The summed E-state index contributed by atoms with van der Waals surface area (Å²) in [5.41, 5.74) is 0. The lowest BCUT2D eigenvalue weighted by molar-refractivity contribution is -0.167. The molecule has 340 valence electrons. The summed E-state index contributed by atoms with van der Waals surface area (Å²) in [5.74, 6) is -0.891. The molecule has 0 aliphatic rings. The third kappa shape index (κ3) is 45.0. The predicted octanol–water partition coefficient (Wildman–Crippen LogP) is 16.4. The molecule has 6 nitrogen and oxygen atoms in total. The molecule has 0 N–H and O–H groups in total. The third-order valence-corrected chi connectivity index (χ3v) is 11.2. The van der Waals surface area contributed by atoms with Gasteiger partial charge in [-0.1, -0.05) is 231 Å². The minimum Gasteiger partial charge on any atom is -0.462 e. The van der Waals surface area contributed by atoms with Crippen LogP contribution in [-0.2, 0) is 28.6 Å². The number of hydrogen-bond acceptors (Lipinski definition) is 6. The van der Waals surface area contributed by atoms with E-state index in [-0.39, 0.29) is 31.1 Å². The fourth-order valence-corrected chi connectivity index (χ4v) is 7.37. The van der Waals surface area contributed by atoms with E-state index in [1.54, 1.807) is 0 Å². The highest BCUT2D eigenvalue weighted by atomic mass is 16.6. The van der Waals surface area contributed by atoms with Gasteiger partial charge in [0.1, 0.15) is 13.2 Å². The normalized spacial score (nSPS) is 12.1. The Kier molecular flexibility index (Phi) is 45.8. The Hall–Kier alpha value is -2.11. The zero-order valence-corrected chi connectivity index (χ0v) is 38.8. The van der Waals surface area contributed by atoms with Gasteiger partial charge in [0.25, 0.3) is 0 Å². The Bertz CT molecular complexity index is 942. The Morgan fingerprint density at radius 1 is 0.345 bits per heavy atom. The Morgan fingerprint density at radius 3 is 0.931 bits per heavy atom. The van der Waals surface area contributed by atoms with Crippen molar-refractivity contribution in [2.24, 2.45) is 0 Å². The molecule has 58 heavy (non-hydrogen) atoms. The van der Waals surface area contributed by atoms with Gasteiger partial charge in [0, 0.05) is 19.3 Å². The number of esters is 3. The molecule has 0 rings (SSSR count). The van der Waals surface area contributed by atoms with Gasteiger partial charge in [-0.15, -0.1) is 0 Å². The predicted molar refractivity (Wildman–Crippen MR) is 247 cm³/mol. The second-order valence-corrected chi connectivity index (χ2v) is 17.1. The SMILES string of the molecule is CCCCCCCCC/C=C\C=C/CCCCCC(=O)OCC(COC(=O)CCCCCCCCCCCCCC)OC(=O)CCCCCCCCCCCCCC. The number of allylic oxidation sites excluding steroid dienone is 4. The highest BCUT2D eigenvalue weighted by Crippen LogP contribution is 2.15. The molecule has 0 aliphatic heterocycles. The summed E-state index contributed by atoms with van der Waals surface area (Å²) < 4.78 is 16.8. The molecular weight excluding hydrogens is 721 g/mol. The minimum atomic E-state index is -0.774. The quantitative estimate of drug-likeness (QED) is 0.0263. The van der Waals surface area contributed by atoms with Crippen molar-refractivity contribution in [3.05, 3.63) is 24.3 Å². The molecule has 0 bridgehead atoms. The summed E-state index contributed by atoms with van der Waals surface area (Å²) in [5, 5.41) is 0. The maximum absolute atomic E-state index is 12.7. The van der Waals surface area contributed by atoms with E-state index in [1.165, 1.54) is 161 Å². The minimum absolute atomic E-state index is 0.0750. The zero-order chi connectivity index (χ0) is 42.3. The average Bonchev–Trinajstić information content (AvgIpc) is 3.22. The first-order chi connectivity index (χ1) is 28.5. The molecule has 1 unspecified atom stereocenters. The van der Waals surface area contributed by atoms with Crippen LogP contribution >= 0.6 is 0 Å². The maximum Gasteiger partial charge on any atom is 0.306 e. The van der Waals surface area contributed by atoms with E-state index < -0.39 is 6.10 Å². The van der Waals surface area contributed by atoms with Crippen LogP contribution in [0.25, 0.3) is 0 Å². The van der Waals surface area contributed by atoms with Crippen LogP contribution in [0.1, 0.15) is 271 Å². The number of unbranched alkanes of at least 4 members (excludes halogenated alkanes) is 32. The second kappa shape index (κ2) is 47.6. The smallest absolute Gasteiger partial charge is 0.306 e. The fourth-order valence-electron chi connectivity index (χ4n) is 7.37. The standard InChI is InChI=1S/C52H96O6/c1-4-7-10-13-16-19-22-25-26-27-28-31-33-36-39-42-45-51(54)57-48-49(58-52(55)46-43-40-37-34-30-24-21-18-15-12-9-6-3)47-56-50(53)44-41-38-35-32-29-23-20-17-14-11-8-5-2/h26-28,31,49H,4-25,29-30,32-48H2,1-3H3/b27-26-,31-28-. The lowest BCUT2D eigenvalue weighted by Gasteiger charge is -2.18. The topological polar surface area (TPSA) is 78.9 Å². The molecule has 0 fully saturated rings. The average molecular weight is 817 g/mol. The highest BCUT2D eigenvalue weighted by Gasteiger charge is 2.19. The van der Waals surface area contributed by atoms with E-state index in [0.29, 0.717) is 19.3 Å². The van der Waals surface area contributed by atoms with Gasteiger partial charge in [-0.05, 0) is 44.9 Å². The summed E-state index contributed by atoms with van der Waals surface area (Å²) in [6.45, 7) is 6.62. The van der Waals surface area contributed by atoms with Gasteiger partial charge in [0.15, 0.2) is 6.10 Å². The molecule has 0 saturated carbocycles. The number of ether oxygens (including phenoxy) is 3. The van der Waals surface area contributed by atoms with Crippen LogP contribution < -0.4 is 0 Å². The van der Waals surface area contributed by atoms with E-state index in [1.807, 2.05) is 0 Å². The Labute approximate surface area is 360 Å². The number of carbonyl (C=O) groups is 3. The molecule has 0 saturated heterocycles. The van der Waals surface area contributed by atoms with Crippen LogP contribution in [0.2, 0.25) is 0 Å². The molecule has 0 aromatic carbocycles. The van der Waals surface area contributed by atoms with E-state index >= 15 is 0 Å². The van der Waals surface area contributed by atoms with Gasteiger partial charge in [0.05, 0.1) is 0 Å². The van der Waals surface area contributed by atoms with Gasteiger partial charge < -0.3 is 14.2 Å². The van der Waals surface area contributed by atoms with E-state index in [0.717, 1.165) is 70.6 Å². The summed E-state index contributed by atoms with van der Waals surface area (Å²) in [7, 11) is 0. The molecule has 1 atom stereocenters. The van der Waals surface area contributed by atoms with Crippen molar-refractivity contribution < 1.29 is 28.6 Å². The van der Waals surface area contributed by atoms with Crippen LogP contribution in [-0.4, -0.2) is 37.2 Å². The molecule has 6 heteroatoms. The van der Waals surface area contributed by atoms with Crippen LogP contribution in [0.4, 0.5) is 0 Å². The molecule has 0 heterocycles. The van der Waals surface area contributed by atoms with Crippen molar-refractivity contribution in [2.45, 2.75) is 277 Å². The largest absolute Gasteiger partial charge is 0.462 e. The fraction of sp³-hybridized carbons (Fsp3) is 0.865. The number of carbonyl (C=O) groups excluding carboxylic acids is 3. The van der Waals surface area contributed by atoms with Crippen molar-refractivity contribution in [3.8, 4) is 0 Å². The van der Waals surface area contributed by atoms with Crippen LogP contribution in [0, 0.1) is 0 Å². The molecule has 0 aliphatic carbocycles. The van der Waals surface area contributed by atoms with Crippen LogP contribution in [0.3, 0.4) is 0 Å². The molecule has 0 radical (unpaired) electrons. The van der Waals surface area contributed by atoms with E-state index in [9.17, 15) is 14.4 Å². The summed E-state index contributed by atoms with van der Waals surface area (Å²) in [4.78, 5) is 37.9. The summed E-state index contributed by atoms with van der Waals surface area (Å²) in [6.07, 6.45) is 53.0. The second-order valence-electron chi connectivity index (χ2n) is 17.1. The van der Waals surface area contributed by atoms with E-state index in [2.05, 4.69) is 45.1 Å². The molecule has 0 spiro atoms. The third-order valence-electron chi connectivity index (χ3n) is 11.2. The first kappa shape index (κ1) is 55.9. The number of rotatable bonds is 46. The van der Waals surface area contributed by atoms with Crippen molar-refractivity contribution in [2.75, 3.05) is 13.2 Å². The molecular formula is C52H96O6. The first-order valence-corrected chi connectivity index (χ1v) is 25.4. The van der Waals surface area contributed by atoms with Gasteiger partial charge in [0.2, 0.25) is 0 Å². The molecule has 0 amide bonds. The van der Waals surface area contributed by atoms with Crippen molar-refractivity contribution in [3.63, 3.8) is 0 Å². The van der Waals surface area contributed by atoms with Gasteiger partial charge in [-0.2, -0.15) is 0 Å². The molecule has 0 aromatic rings. The lowest BCUT2D eigenvalue weighted by Crippen LogP contribution is -2.30.